The summed E-state index contributed by atoms with van der Waals surface area (Å²) < 4.78 is 16.9. The number of aliphatic hydroxyl groups excluding tert-OH is 3. The number of benzene rings is 2. The summed E-state index contributed by atoms with van der Waals surface area (Å²) in [4.78, 5) is 0. The molecule has 6 nitrogen and oxygen atoms in total. The molecule has 26 heavy (non-hydrogen) atoms. The molecule has 1 unspecified atom stereocenters. The van der Waals surface area contributed by atoms with Crippen LogP contribution in [-0.4, -0.2) is 52.6 Å². The molecule has 2 aromatic rings. The number of hydrogen-bond donors (Lipinski definition) is 3. The molecule has 2 aromatic carbocycles. The molecule has 0 aromatic heterocycles. The zero-order valence-electron chi connectivity index (χ0n) is 14.3. The van der Waals surface area contributed by atoms with Gasteiger partial charge in [-0.05, 0) is 11.1 Å². The average Bonchev–Trinajstić information content (AvgIpc) is 2.69. The predicted molar refractivity (Wildman–Crippen MR) is 94.0 cm³/mol. The fourth-order valence-corrected chi connectivity index (χ4v) is 2.96. The Morgan fingerprint density at radius 1 is 0.769 bits per heavy atom. The molecule has 1 aliphatic rings. The van der Waals surface area contributed by atoms with Crippen molar-refractivity contribution in [2.24, 2.45) is 0 Å². The van der Waals surface area contributed by atoms with Crippen LogP contribution in [-0.2, 0) is 27.4 Å². The van der Waals surface area contributed by atoms with Crippen molar-refractivity contribution in [1.82, 2.24) is 0 Å². The van der Waals surface area contributed by atoms with Crippen LogP contribution in [0.4, 0.5) is 0 Å². The second-order valence-corrected chi connectivity index (χ2v) is 6.26. The maximum atomic E-state index is 10.5. The fourth-order valence-electron chi connectivity index (χ4n) is 2.96. The van der Waals surface area contributed by atoms with Crippen LogP contribution < -0.4 is 0 Å². The molecule has 0 spiro atoms. The number of rotatable bonds is 7. The van der Waals surface area contributed by atoms with Gasteiger partial charge >= 0.3 is 0 Å². The molecule has 1 aliphatic heterocycles. The molecule has 5 atom stereocenters. The molecular weight excluding hydrogens is 336 g/mol. The summed E-state index contributed by atoms with van der Waals surface area (Å²) in [5, 5.41) is 30.2. The summed E-state index contributed by atoms with van der Waals surface area (Å²) in [6.07, 6.45) is -5.06. The lowest BCUT2D eigenvalue weighted by Gasteiger charge is -2.42. The van der Waals surface area contributed by atoms with Crippen molar-refractivity contribution in [2.45, 2.75) is 43.9 Å². The normalized spacial score (nSPS) is 28.8. The quantitative estimate of drug-likeness (QED) is 0.688. The van der Waals surface area contributed by atoms with E-state index >= 15 is 0 Å². The van der Waals surface area contributed by atoms with E-state index in [1.54, 1.807) is 0 Å². The van der Waals surface area contributed by atoms with E-state index in [0.717, 1.165) is 11.1 Å². The molecule has 3 rings (SSSR count). The first-order valence-corrected chi connectivity index (χ1v) is 8.62. The van der Waals surface area contributed by atoms with Crippen molar-refractivity contribution in [3.05, 3.63) is 71.8 Å². The van der Waals surface area contributed by atoms with Crippen molar-refractivity contribution < 1.29 is 29.5 Å². The first-order valence-electron chi connectivity index (χ1n) is 8.62. The Labute approximate surface area is 152 Å². The van der Waals surface area contributed by atoms with Crippen LogP contribution in [0.1, 0.15) is 11.1 Å². The van der Waals surface area contributed by atoms with Gasteiger partial charge in [0.2, 0.25) is 0 Å². The van der Waals surface area contributed by atoms with E-state index in [2.05, 4.69) is 0 Å². The molecule has 3 N–H and O–H groups in total. The summed E-state index contributed by atoms with van der Waals surface area (Å²) in [6.45, 7) is 0.0705. The maximum Gasteiger partial charge on any atom is 0.184 e. The Balaban J connectivity index is 1.69. The van der Waals surface area contributed by atoms with Gasteiger partial charge < -0.3 is 29.5 Å². The van der Waals surface area contributed by atoms with E-state index < -0.39 is 37.3 Å². The van der Waals surface area contributed by atoms with Gasteiger partial charge in [0.1, 0.15) is 24.4 Å². The highest BCUT2D eigenvalue weighted by Crippen LogP contribution is 2.26. The van der Waals surface area contributed by atoms with Crippen molar-refractivity contribution in [2.75, 3.05) is 6.61 Å². The molecule has 1 fully saturated rings. The van der Waals surface area contributed by atoms with Gasteiger partial charge in [-0.25, -0.2) is 0 Å². The third-order valence-electron chi connectivity index (χ3n) is 4.39. The van der Waals surface area contributed by atoms with Crippen LogP contribution in [0, 0.1) is 0 Å². The lowest BCUT2D eigenvalue weighted by molar-refractivity contribution is -0.307. The summed E-state index contributed by atoms with van der Waals surface area (Å²) in [7, 11) is 0. The Morgan fingerprint density at radius 3 is 1.77 bits per heavy atom. The SMILES string of the molecule is OC[C@H]1OC(O)[C@H](OCc2ccccc2)[C@@H](OCc2ccccc2)[C@@H]1O. The third kappa shape index (κ3) is 4.67. The summed E-state index contributed by atoms with van der Waals surface area (Å²) in [5.41, 5.74) is 1.86. The summed E-state index contributed by atoms with van der Waals surface area (Å²) in [6, 6.07) is 19.0. The zero-order chi connectivity index (χ0) is 18.4. The molecule has 0 aliphatic carbocycles. The maximum absolute atomic E-state index is 10.5. The van der Waals surface area contributed by atoms with Gasteiger partial charge in [0.25, 0.3) is 0 Å². The van der Waals surface area contributed by atoms with Crippen molar-refractivity contribution >= 4 is 0 Å². The van der Waals surface area contributed by atoms with Crippen LogP contribution in [0.3, 0.4) is 0 Å². The van der Waals surface area contributed by atoms with Gasteiger partial charge in [-0.2, -0.15) is 0 Å². The van der Waals surface area contributed by atoms with Crippen LogP contribution in [0.25, 0.3) is 0 Å². The molecular formula is C20H24O6. The highest BCUT2D eigenvalue weighted by Gasteiger charge is 2.46. The molecule has 1 saturated heterocycles. The molecule has 1 heterocycles. The lowest BCUT2D eigenvalue weighted by atomic mass is 9.98. The standard InChI is InChI=1S/C20H24O6/c21-11-16-17(22)18(24-12-14-7-3-1-4-8-14)19(20(23)26-16)25-13-15-9-5-2-6-10-15/h1-10,16-23H,11-13H2/t16-,17-,18+,19-,20?/m1/s1. The zero-order valence-corrected chi connectivity index (χ0v) is 14.3. The fraction of sp³-hybridized carbons (Fsp3) is 0.400. The summed E-state index contributed by atoms with van der Waals surface area (Å²) >= 11 is 0. The Bertz CT molecular complexity index is 650. The minimum absolute atomic E-state index is 0.244. The number of ether oxygens (including phenoxy) is 3. The van der Waals surface area contributed by atoms with Crippen LogP contribution in [0.2, 0.25) is 0 Å². The van der Waals surface area contributed by atoms with E-state index in [1.807, 2.05) is 60.7 Å². The minimum atomic E-state index is -1.31. The molecule has 0 amide bonds. The van der Waals surface area contributed by atoms with E-state index in [-0.39, 0.29) is 13.2 Å². The molecule has 0 saturated carbocycles. The van der Waals surface area contributed by atoms with Crippen LogP contribution in [0.15, 0.2) is 60.7 Å². The molecule has 140 valence electrons. The van der Waals surface area contributed by atoms with E-state index in [4.69, 9.17) is 14.2 Å². The molecule has 6 heteroatoms. The average molecular weight is 360 g/mol. The second-order valence-electron chi connectivity index (χ2n) is 6.26. The van der Waals surface area contributed by atoms with E-state index in [1.165, 1.54) is 0 Å². The highest BCUT2D eigenvalue weighted by molar-refractivity contribution is 5.14. The lowest BCUT2D eigenvalue weighted by Crippen LogP contribution is -2.60. The number of aliphatic hydroxyl groups is 3. The van der Waals surface area contributed by atoms with Crippen LogP contribution >= 0.6 is 0 Å². The van der Waals surface area contributed by atoms with Gasteiger partial charge in [0, 0.05) is 0 Å². The van der Waals surface area contributed by atoms with E-state index in [9.17, 15) is 15.3 Å². The second kappa shape index (κ2) is 9.23. The third-order valence-corrected chi connectivity index (χ3v) is 4.39. The molecule has 0 bridgehead atoms. The Hall–Kier alpha value is -1.80. The van der Waals surface area contributed by atoms with Gasteiger partial charge in [0.05, 0.1) is 19.8 Å². The van der Waals surface area contributed by atoms with Crippen molar-refractivity contribution in [3.8, 4) is 0 Å². The van der Waals surface area contributed by atoms with Gasteiger partial charge in [-0.1, -0.05) is 60.7 Å². The smallest absolute Gasteiger partial charge is 0.184 e. The summed E-state index contributed by atoms with van der Waals surface area (Å²) in [5.74, 6) is 0. The Morgan fingerprint density at radius 2 is 1.27 bits per heavy atom. The first-order chi connectivity index (χ1) is 12.7. The van der Waals surface area contributed by atoms with Gasteiger partial charge in [-0.3, -0.25) is 0 Å². The minimum Gasteiger partial charge on any atom is -0.394 e. The molecule has 0 radical (unpaired) electrons. The van der Waals surface area contributed by atoms with E-state index in [0.29, 0.717) is 0 Å². The van der Waals surface area contributed by atoms with Gasteiger partial charge in [-0.15, -0.1) is 0 Å². The predicted octanol–water partition coefficient (Wildman–Crippen LogP) is 1.23. The van der Waals surface area contributed by atoms with Crippen molar-refractivity contribution in [3.63, 3.8) is 0 Å². The topological polar surface area (TPSA) is 88.4 Å². The largest absolute Gasteiger partial charge is 0.394 e. The van der Waals surface area contributed by atoms with Crippen molar-refractivity contribution in [1.29, 1.82) is 0 Å². The van der Waals surface area contributed by atoms with Gasteiger partial charge in [0.15, 0.2) is 6.29 Å². The Kier molecular flexibility index (Phi) is 6.73. The monoisotopic (exact) mass is 360 g/mol. The first kappa shape index (κ1) is 19.0. The highest BCUT2D eigenvalue weighted by atomic mass is 16.7. The van der Waals surface area contributed by atoms with Crippen LogP contribution in [0.5, 0.6) is 0 Å². The number of hydrogen-bond acceptors (Lipinski definition) is 6.